The second-order valence-corrected chi connectivity index (χ2v) is 4.85. The predicted octanol–water partition coefficient (Wildman–Crippen LogP) is 2.25. The highest BCUT2D eigenvalue weighted by atomic mass is 19.1. The molecule has 0 aromatic heterocycles. The Morgan fingerprint density at radius 2 is 2.05 bits per heavy atom. The van der Waals surface area contributed by atoms with E-state index in [1.807, 2.05) is 0 Å². The molecule has 0 bridgehead atoms. The Hall–Kier alpha value is -1.53. The number of nitro benzene ring substituents is 1. The summed E-state index contributed by atoms with van der Waals surface area (Å²) in [6.07, 6.45) is 2.60. The molecule has 104 valence electrons. The lowest BCUT2D eigenvalue weighted by molar-refractivity contribution is -0.387. The van der Waals surface area contributed by atoms with Gasteiger partial charge in [0, 0.05) is 12.6 Å². The van der Waals surface area contributed by atoms with Crippen LogP contribution in [0.5, 0.6) is 0 Å². The molecule has 0 radical (unpaired) electrons. The van der Waals surface area contributed by atoms with Crippen molar-refractivity contribution in [3.05, 3.63) is 39.7 Å². The minimum absolute atomic E-state index is 0.388. The van der Waals surface area contributed by atoms with Gasteiger partial charge in [-0.15, -0.1) is 0 Å². The number of likely N-dealkylation sites (tertiary alicyclic amines) is 1. The molecule has 6 heteroatoms. The van der Waals surface area contributed by atoms with Crippen molar-refractivity contribution in [1.82, 2.24) is 4.90 Å². The normalized spacial score (nSPS) is 18.2. The van der Waals surface area contributed by atoms with Gasteiger partial charge in [-0.25, -0.2) is 0 Å². The molecule has 0 saturated carbocycles. The summed E-state index contributed by atoms with van der Waals surface area (Å²) in [5.74, 6) is -0.876. The minimum Gasteiger partial charge on any atom is -0.387 e. The molecule has 1 fully saturated rings. The van der Waals surface area contributed by atoms with Gasteiger partial charge in [0.1, 0.15) is 0 Å². The van der Waals surface area contributed by atoms with Crippen LogP contribution in [0, 0.1) is 15.9 Å². The van der Waals surface area contributed by atoms with Gasteiger partial charge in [0.25, 0.3) is 0 Å². The Balaban J connectivity index is 2.07. The van der Waals surface area contributed by atoms with Crippen LogP contribution in [0.25, 0.3) is 0 Å². The lowest BCUT2D eigenvalue weighted by Crippen LogP contribution is -2.33. The van der Waals surface area contributed by atoms with Gasteiger partial charge in [-0.2, -0.15) is 4.39 Å². The van der Waals surface area contributed by atoms with E-state index in [-0.39, 0.29) is 0 Å². The van der Waals surface area contributed by atoms with E-state index in [2.05, 4.69) is 4.90 Å². The monoisotopic (exact) mass is 268 g/mol. The van der Waals surface area contributed by atoms with Gasteiger partial charge in [-0.3, -0.25) is 10.1 Å². The first-order chi connectivity index (χ1) is 9.08. The average Bonchev–Trinajstić information content (AvgIpc) is 2.40. The van der Waals surface area contributed by atoms with Gasteiger partial charge >= 0.3 is 5.69 Å². The van der Waals surface area contributed by atoms with Crippen molar-refractivity contribution in [1.29, 1.82) is 0 Å². The fraction of sp³-hybridized carbons (Fsp3) is 0.538. The minimum atomic E-state index is -0.876. The molecule has 1 heterocycles. The zero-order valence-corrected chi connectivity index (χ0v) is 10.6. The molecule has 1 aromatic carbocycles. The fourth-order valence-electron chi connectivity index (χ4n) is 2.37. The predicted molar refractivity (Wildman–Crippen MR) is 68.3 cm³/mol. The number of halogens is 1. The standard InChI is InChI=1S/C13H17FN2O3/c14-11-5-4-10(8-12(11)16(18)19)13(17)9-15-6-2-1-3-7-15/h4-5,8,13,17H,1-3,6-7,9H2. The first-order valence-corrected chi connectivity index (χ1v) is 6.42. The van der Waals surface area contributed by atoms with E-state index in [1.54, 1.807) is 0 Å². The molecule has 0 spiro atoms. The number of β-amino-alcohol motifs (C(OH)–C–C–N with tert-alkyl or cyclic N) is 1. The second kappa shape index (κ2) is 6.08. The molecule has 1 saturated heterocycles. The highest BCUT2D eigenvalue weighted by Gasteiger charge is 2.20. The van der Waals surface area contributed by atoms with E-state index in [9.17, 15) is 19.6 Å². The largest absolute Gasteiger partial charge is 0.387 e. The fourth-order valence-corrected chi connectivity index (χ4v) is 2.37. The summed E-state index contributed by atoms with van der Waals surface area (Å²) in [6, 6.07) is 3.55. The van der Waals surface area contributed by atoms with Gasteiger partial charge in [-0.05, 0) is 37.6 Å². The molecule has 1 aliphatic rings. The second-order valence-electron chi connectivity index (χ2n) is 4.85. The Bertz CT molecular complexity index is 461. The van der Waals surface area contributed by atoms with E-state index >= 15 is 0 Å². The van der Waals surface area contributed by atoms with Crippen LogP contribution in [0.15, 0.2) is 18.2 Å². The van der Waals surface area contributed by atoms with Crippen LogP contribution in [0.2, 0.25) is 0 Å². The number of benzene rings is 1. The van der Waals surface area contributed by atoms with Crippen molar-refractivity contribution < 1.29 is 14.4 Å². The number of nitro groups is 1. The number of aliphatic hydroxyl groups excluding tert-OH is 1. The van der Waals surface area contributed by atoms with Crippen molar-refractivity contribution in [2.45, 2.75) is 25.4 Å². The molecular formula is C13H17FN2O3. The maximum Gasteiger partial charge on any atom is 0.305 e. The van der Waals surface area contributed by atoms with Crippen LogP contribution in [-0.2, 0) is 0 Å². The van der Waals surface area contributed by atoms with E-state index in [0.717, 1.165) is 38.1 Å². The van der Waals surface area contributed by atoms with Crippen LogP contribution < -0.4 is 0 Å². The zero-order valence-electron chi connectivity index (χ0n) is 10.6. The van der Waals surface area contributed by atoms with Crippen molar-refractivity contribution in [2.75, 3.05) is 19.6 Å². The van der Waals surface area contributed by atoms with Gasteiger partial charge in [-0.1, -0.05) is 12.5 Å². The van der Waals surface area contributed by atoms with Crippen LogP contribution in [-0.4, -0.2) is 34.6 Å². The van der Waals surface area contributed by atoms with Crippen molar-refractivity contribution in [2.24, 2.45) is 0 Å². The molecule has 2 rings (SSSR count). The summed E-state index contributed by atoms with van der Waals surface area (Å²) in [6.45, 7) is 2.30. The number of hydrogen-bond acceptors (Lipinski definition) is 4. The van der Waals surface area contributed by atoms with Gasteiger partial charge in [0.2, 0.25) is 5.82 Å². The topological polar surface area (TPSA) is 66.6 Å². The highest BCUT2D eigenvalue weighted by Crippen LogP contribution is 2.24. The third-order valence-electron chi connectivity index (χ3n) is 3.43. The quantitative estimate of drug-likeness (QED) is 0.672. The molecule has 0 amide bonds. The molecule has 5 nitrogen and oxygen atoms in total. The van der Waals surface area contributed by atoms with E-state index in [4.69, 9.17) is 0 Å². The summed E-state index contributed by atoms with van der Waals surface area (Å²) in [7, 11) is 0. The van der Waals surface area contributed by atoms with Crippen LogP contribution in [0.4, 0.5) is 10.1 Å². The van der Waals surface area contributed by atoms with E-state index in [0.29, 0.717) is 12.1 Å². The number of piperidine rings is 1. The summed E-state index contributed by atoms with van der Waals surface area (Å²) in [5.41, 5.74) is -0.200. The molecule has 1 aliphatic heterocycles. The van der Waals surface area contributed by atoms with E-state index in [1.165, 1.54) is 12.5 Å². The molecule has 19 heavy (non-hydrogen) atoms. The lowest BCUT2D eigenvalue weighted by Gasteiger charge is -2.28. The van der Waals surface area contributed by atoms with Crippen LogP contribution in [0.1, 0.15) is 30.9 Å². The maximum atomic E-state index is 13.2. The SMILES string of the molecule is O=[N+]([O-])c1cc(C(O)CN2CCCCC2)ccc1F. The third kappa shape index (κ3) is 3.48. The Morgan fingerprint density at radius 3 is 2.68 bits per heavy atom. The maximum absolute atomic E-state index is 13.2. The summed E-state index contributed by atoms with van der Waals surface area (Å²) >= 11 is 0. The Kier molecular flexibility index (Phi) is 4.44. The van der Waals surface area contributed by atoms with Crippen LogP contribution in [0.3, 0.4) is 0 Å². The number of hydrogen-bond donors (Lipinski definition) is 1. The van der Waals surface area contributed by atoms with Gasteiger partial charge in [0.15, 0.2) is 0 Å². The highest BCUT2D eigenvalue weighted by molar-refractivity contribution is 5.37. The molecule has 1 atom stereocenters. The van der Waals surface area contributed by atoms with Crippen molar-refractivity contribution in [3.8, 4) is 0 Å². The lowest BCUT2D eigenvalue weighted by atomic mass is 10.1. The first-order valence-electron chi connectivity index (χ1n) is 6.42. The molecule has 0 aliphatic carbocycles. The van der Waals surface area contributed by atoms with Crippen molar-refractivity contribution >= 4 is 5.69 Å². The Morgan fingerprint density at radius 1 is 1.37 bits per heavy atom. The van der Waals surface area contributed by atoms with Gasteiger partial charge < -0.3 is 10.0 Å². The summed E-state index contributed by atoms with van der Waals surface area (Å²) in [4.78, 5) is 12.0. The van der Waals surface area contributed by atoms with Crippen LogP contribution >= 0.6 is 0 Å². The molecule has 1 N–H and O–H groups in total. The average molecular weight is 268 g/mol. The van der Waals surface area contributed by atoms with E-state index < -0.39 is 22.5 Å². The van der Waals surface area contributed by atoms with Crippen molar-refractivity contribution in [3.63, 3.8) is 0 Å². The third-order valence-corrected chi connectivity index (χ3v) is 3.43. The smallest absolute Gasteiger partial charge is 0.305 e. The van der Waals surface area contributed by atoms with Gasteiger partial charge in [0.05, 0.1) is 11.0 Å². The molecule has 1 unspecified atom stereocenters. The molecular weight excluding hydrogens is 251 g/mol. The Labute approximate surface area is 110 Å². The number of rotatable bonds is 4. The zero-order chi connectivity index (χ0) is 13.8. The first kappa shape index (κ1) is 13.9. The number of nitrogens with zero attached hydrogens (tertiary/aromatic N) is 2. The summed E-state index contributed by atoms with van der Waals surface area (Å²) < 4.78 is 13.2. The number of aliphatic hydroxyl groups is 1. The molecule has 1 aromatic rings. The summed E-state index contributed by atoms with van der Waals surface area (Å²) in [5, 5.41) is 20.7.